The van der Waals surface area contributed by atoms with Crippen molar-refractivity contribution in [3.05, 3.63) is 45.3 Å². The van der Waals surface area contributed by atoms with E-state index >= 15 is 0 Å². The molecule has 8 heteroatoms. The topological polar surface area (TPSA) is 58.1 Å². The first-order valence-electron chi connectivity index (χ1n) is 8.64. The Hall–Kier alpha value is -2.25. The highest BCUT2D eigenvalue weighted by Crippen LogP contribution is 2.36. The molecule has 142 valence electrons. The first-order chi connectivity index (χ1) is 12.8. The van der Waals surface area contributed by atoms with E-state index in [1.54, 1.807) is 0 Å². The second kappa shape index (κ2) is 7.78. The molecule has 1 amide bonds. The van der Waals surface area contributed by atoms with Gasteiger partial charge in [0.1, 0.15) is 22.3 Å². The number of halogens is 2. The smallest absolute Gasteiger partial charge is 0.266 e. The van der Waals surface area contributed by atoms with Crippen LogP contribution in [0.15, 0.2) is 18.2 Å². The second-order valence-corrected chi connectivity index (χ2v) is 7.49. The predicted molar refractivity (Wildman–Crippen MR) is 110 cm³/mol. The molecule has 2 aromatic heterocycles. The Bertz CT molecular complexity index is 1020. The second-order valence-electron chi connectivity index (χ2n) is 6.09. The molecular formula is C19H20ClFN4OS. The number of hydrogen-bond acceptors (Lipinski definition) is 5. The molecule has 0 saturated carbocycles. The molecule has 1 aromatic carbocycles. The van der Waals surface area contributed by atoms with E-state index in [2.05, 4.69) is 34.0 Å². The Labute approximate surface area is 166 Å². The molecule has 0 aliphatic rings. The average Bonchev–Trinajstić information content (AvgIpc) is 2.95. The lowest BCUT2D eigenvalue weighted by atomic mass is 10.1. The highest BCUT2D eigenvalue weighted by atomic mass is 35.5. The molecule has 5 nitrogen and oxygen atoms in total. The van der Waals surface area contributed by atoms with Gasteiger partial charge in [0.25, 0.3) is 5.91 Å². The molecule has 0 atom stereocenters. The largest absolute Gasteiger partial charge is 0.357 e. The van der Waals surface area contributed by atoms with Crippen LogP contribution in [0.25, 0.3) is 10.2 Å². The fraction of sp³-hybridized carbons (Fsp3) is 0.316. The zero-order valence-electron chi connectivity index (χ0n) is 15.6. The van der Waals surface area contributed by atoms with Gasteiger partial charge in [0, 0.05) is 18.8 Å². The van der Waals surface area contributed by atoms with Crippen molar-refractivity contribution in [1.29, 1.82) is 0 Å². The monoisotopic (exact) mass is 406 g/mol. The van der Waals surface area contributed by atoms with E-state index in [-0.39, 0.29) is 10.9 Å². The van der Waals surface area contributed by atoms with E-state index in [4.69, 9.17) is 11.6 Å². The van der Waals surface area contributed by atoms with Crippen LogP contribution in [0.2, 0.25) is 5.02 Å². The standard InChI is InChI=1S/C19H20ClFN4OS/c1-5-25(6-2)17-15-10(3)16(27-19(15)23-11(4)22-17)18(26)24-12-7-8-14(21)13(20)9-12/h7-9H,5-6H2,1-4H3,(H,24,26). The molecule has 0 bridgehead atoms. The predicted octanol–water partition coefficient (Wildman–Crippen LogP) is 5.20. The third-order valence-corrected chi connectivity index (χ3v) is 5.80. The van der Waals surface area contributed by atoms with Gasteiger partial charge in [-0.25, -0.2) is 14.4 Å². The van der Waals surface area contributed by atoms with Crippen LogP contribution in [0.1, 0.15) is 34.9 Å². The Balaban J connectivity index is 2.04. The lowest BCUT2D eigenvalue weighted by Crippen LogP contribution is -2.23. The van der Waals surface area contributed by atoms with Gasteiger partial charge in [-0.1, -0.05) is 11.6 Å². The minimum absolute atomic E-state index is 0.0360. The summed E-state index contributed by atoms with van der Waals surface area (Å²) < 4.78 is 13.3. The van der Waals surface area contributed by atoms with E-state index in [1.165, 1.54) is 29.5 Å². The van der Waals surface area contributed by atoms with Crippen LogP contribution in [0.4, 0.5) is 15.9 Å². The van der Waals surface area contributed by atoms with E-state index in [0.717, 1.165) is 34.7 Å². The van der Waals surface area contributed by atoms with E-state index in [9.17, 15) is 9.18 Å². The first kappa shape index (κ1) is 19.5. The number of anilines is 2. The average molecular weight is 407 g/mol. The third-order valence-electron chi connectivity index (χ3n) is 4.33. The van der Waals surface area contributed by atoms with Crippen LogP contribution in [0.3, 0.4) is 0 Å². The molecule has 27 heavy (non-hydrogen) atoms. The lowest BCUT2D eigenvalue weighted by molar-refractivity contribution is 0.103. The van der Waals surface area contributed by atoms with E-state index in [1.807, 2.05) is 13.8 Å². The number of nitrogens with one attached hydrogen (secondary N) is 1. The maximum atomic E-state index is 13.3. The third kappa shape index (κ3) is 3.75. The van der Waals surface area contributed by atoms with Crippen molar-refractivity contribution in [2.75, 3.05) is 23.3 Å². The molecule has 0 unspecified atom stereocenters. The zero-order valence-corrected chi connectivity index (χ0v) is 17.1. The number of aromatic nitrogens is 2. The summed E-state index contributed by atoms with van der Waals surface area (Å²) >= 11 is 7.12. The maximum Gasteiger partial charge on any atom is 0.266 e. The Kier molecular flexibility index (Phi) is 5.62. The summed E-state index contributed by atoms with van der Waals surface area (Å²) in [5.74, 6) is 0.715. The number of rotatable bonds is 5. The van der Waals surface area contributed by atoms with Gasteiger partial charge >= 0.3 is 0 Å². The molecule has 1 N–H and O–H groups in total. The van der Waals surface area contributed by atoms with E-state index in [0.29, 0.717) is 16.4 Å². The fourth-order valence-electron chi connectivity index (χ4n) is 2.95. The van der Waals surface area contributed by atoms with Crippen molar-refractivity contribution in [1.82, 2.24) is 9.97 Å². The van der Waals surface area contributed by atoms with Crippen LogP contribution < -0.4 is 10.2 Å². The van der Waals surface area contributed by atoms with Crippen molar-refractivity contribution in [3.8, 4) is 0 Å². The minimum Gasteiger partial charge on any atom is -0.357 e. The summed E-state index contributed by atoms with van der Waals surface area (Å²) in [5, 5.41) is 3.64. The number of fused-ring (bicyclic) bond motifs is 1. The summed E-state index contributed by atoms with van der Waals surface area (Å²) in [4.78, 5) is 25.4. The van der Waals surface area contributed by atoms with Gasteiger partial charge in [-0.15, -0.1) is 11.3 Å². The number of hydrogen-bond donors (Lipinski definition) is 1. The molecule has 0 saturated heterocycles. The van der Waals surface area contributed by atoms with Crippen LogP contribution >= 0.6 is 22.9 Å². The minimum atomic E-state index is -0.526. The SMILES string of the molecule is CCN(CC)c1nc(C)nc2sc(C(=O)Nc3ccc(F)c(Cl)c3)c(C)c12. The summed E-state index contributed by atoms with van der Waals surface area (Å²) in [5.41, 5.74) is 1.28. The molecule has 0 aliphatic carbocycles. The Morgan fingerprint density at radius 2 is 1.96 bits per heavy atom. The molecule has 0 fully saturated rings. The van der Waals surface area contributed by atoms with Crippen molar-refractivity contribution < 1.29 is 9.18 Å². The summed E-state index contributed by atoms with van der Waals surface area (Å²) in [6, 6.07) is 4.10. The molecule has 0 spiro atoms. The molecule has 3 rings (SSSR count). The maximum absolute atomic E-state index is 13.3. The molecule has 2 heterocycles. The number of aryl methyl sites for hydroxylation is 2. The number of benzene rings is 1. The van der Waals surface area contributed by atoms with Crippen molar-refractivity contribution in [3.63, 3.8) is 0 Å². The number of carbonyl (C=O) groups excluding carboxylic acids is 1. The van der Waals surface area contributed by atoms with Gasteiger partial charge in [0.15, 0.2) is 0 Å². The molecular weight excluding hydrogens is 387 g/mol. The molecule has 0 radical (unpaired) electrons. The number of amides is 1. The highest BCUT2D eigenvalue weighted by Gasteiger charge is 2.22. The van der Waals surface area contributed by atoms with Gasteiger partial charge in [-0.2, -0.15) is 0 Å². The quantitative estimate of drug-likeness (QED) is 0.632. The van der Waals surface area contributed by atoms with Gasteiger partial charge in [-0.3, -0.25) is 4.79 Å². The van der Waals surface area contributed by atoms with Crippen molar-refractivity contribution in [2.45, 2.75) is 27.7 Å². The van der Waals surface area contributed by atoms with Crippen LogP contribution in [0.5, 0.6) is 0 Å². The zero-order chi connectivity index (χ0) is 19.7. The van der Waals surface area contributed by atoms with Crippen LogP contribution in [-0.4, -0.2) is 29.0 Å². The molecule has 3 aromatic rings. The summed E-state index contributed by atoms with van der Waals surface area (Å²) in [6.45, 7) is 9.51. The van der Waals surface area contributed by atoms with Gasteiger partial charge in [0.05, 0.1) is 15.3 Å². The summed E-state index contributed by atoms with van der Waals surface area (Å²) in [7, 11) is 0. The van der Waals surface area contributed by atoms with Crippen molar-refractivity contribution in [2.24, 2.45) is 0 Å². The van der Waals surface area contributed by atoms with E-state index < -0.39 is 5.82 Å². The Morgan fingerprint density at radius 3 is 2.59 bits per heavy atom. The van der Waals surface area contributed by atoms with Gasteiger partial charge in [-0.05, 0) is 51.5 Å². The fourth-order valence-corrected chi connectivity index (χ4v) is 4.25. The van der Waals surface area contributed by atoms with Gasteiger partial charge < -0.3 is 10.2 Å². The van der Waals surface area contributed by atoms with Gasteiger partial charge in [0.2, 0.25) is 0 Å². The van der Waals surface area contributed by atoms with Crippen molar-refractivity contribution >= 4 is 50.6 Å². The number of thiophene rings is 1. The number of nitrogens with zero attached hydrogens (tertiary/aromatic N) is 3. The Morgan fingerprint density at radius 1 is 1.26 bits per heavy atom. The lowest BCUT2D eigenvalue weighted by Gasteiger charge is -2.21. The highest BCUT2D eigenvalue weighted by molar-refractivity contribution is 7.20. The first-order valence-corrected chi connectivity index (χ1v) is 9.84. The summed E-state index contributed by atoms with van der Waals surface area (Å²) in [6.07, 6.45) is 0. The van der Waals surface area contributed by atoms with Crippen LogP contribution in [0, 0.1) is 19.7 Å². The normalized spacial score (nSPS) is 11.0. The molecule has 0 aliphatic heterocycles. The van der Waals surface area contributed by atoms with Crippen LogP contribution in [-0.2, 0) is 0 Å². The number of carbonyl (C=O) groups is 1.